The molecule has 0 radical (unpaired) electrons. The molecule has 3 aromatic rings. The fourth-order valence-corrected chi connectivity index (χ4v) is 2.44. The maximum absolute atomic E-state index is 12.7. The molecule has 0 aliphatic heterocycles. The first-order valence-corrected chi connectivity index (χ1v) is 6.79. The van der Waals surface area contributed by atoms with E-state index in [1.165, 1.54) is 6.07 Å². The Kier molecular flexibility index (Phi) is 3.62. The van der Waals surface area contributed by atoms with Crippen LogP contribution in [0.5, 0.6) is 0 Å². The first-order valence-electron chi connectivity index (χ1n) is 6.79. The van der Waals surface area contributed by atoms with Gasteiger partial charge in [-0.2, -0.15) is 13.2 Å². The first kappa shape index (κ1) is 14.6. The maximum atomic E-state index is 12.7. The van der Waals surface area contributed by atoms with Gasteiger partial charge in [-0.25, -0.2) is 4.98 Å². The average molecular weight is 305 g/mol. The predicted octanol–water partition coefficient (Wildman–Crippen LogP) is 3.40. The van der Waals surface area contributed by atoms with Crippen molar-refractivity contribution in [1.29, 1.82) is 0 Å². The molecule has 3 rings (SSSR count). The lowest BCUT2D eigenvalue weighted by atomic mass is 10.1. The summed E-state index contributed by atoms with van der Waals surface area (Å²) in [5.74, 6) is 0. The van der Waals surface area contributed by atoms with Crippen LogP contribution in [0, 0.1) is 0 Å². The number of hydrogen-bond donors (Lipinski definition) is 1. The highest BCUT2D eigenvalue weighted by atomic mass is 19.4. The Bertz CT molecular complexity index is 806. The van der Waals surface area contributed by atoms with Crippen LogP contribution in [0.15, 0.2) is 48.7 Å². The van der Waals surface area contributed by atoms with Gasteiger partial charge in [0.2, 0.25) is 0 Å². The van der Waals surface area contributed by atoms with E-state index in [9.17, 15) is 13.2 Å². The van der Waals surface area contributed by atoms with Gasteiger partial charge in [0, 0.05) is 24.9 Å². The average Bonchev–Trinajstić information content (AvgIpc) is 2.88. The number of aromatic nitrogens is 2. The van der Waals surface area contributed by atoms with Gasteiger partial charge < -0.3 is 10.1 Å². The Labute approximate surface area is 125 Å². The van der Waals surface area contributed by atoms with E-state index in [2.05, 4.69) is 4.98 Å². The number of pyridine rings is 1. The molecule has 22 heavy (non-hydrogen) atoms. The van der Waals surface area contributed by atoms with E-state index < -0.39 is 11.7 Å². The molecule has 1 aromatic carbocycles. The van der Waals surface area contributed by atoms with Crippen LogP contribution in [0.3, 0.4) is 0 Å². The molecule has 0 spiro atoms. The van der Waals surface area contributed by atoms with Gasteiger partial charge in [0.1, 0.15) is 5.65 Å². The van der Waals surface area contributed by atoms with Gasteiger partial charge >= 0.3 is 6.18 Å². The molecule has 0 saturated heterocycles. The standard InChI is InChI=1S/C16H14F3N3/c17-16(18,19)12-4-1-3-11(7-12)8-13-10-22-14(9-20)5-2-6-15(22)21-13/h1-7,10H,8-9,20H2. The summed E-state index contributed by atoms with van der Waals surface area (Å²) in [7, 11) is 0. The largest absolute Gasteiger partial charge is 0.416 e. The molecule has 0 aliphatic carbocycles. The summed E-state index contributed by atoms with van der Waals surface area (Å²) in [5.41, 5.74) is 7.96. The molecule has 2 aromatic heterocycles. The van der Waals surface area contributed by atoms with Crippen molar-refractivity contribution in [2.75, 3.05) is 0 Å². The highest BCUT2D eigenvalue weighted by molar-refractivity contribution is 5.43. The van der Waals surface area contributed by atoms with Crippen molar-refractivity contribution in [3.63, 3.8) is 0 Å². The predicted molar refractivity (Wildman–Crippen MR) is 77.3 cm³/mol. The van der Waals surface area contributed by atoms with E-state index in [0.717, 1.165) is 23.5 Å². The Morgan fingerprint density at radius 3 is 2.59 bits per heavy atom. The van der Waals surface area contributed by atoms with E-state index in [1.54, 1.807) is 6.07 Å². The van der Waals surface area contributed by atoms with Crippen molar-refractivity contribution in [2.45, 2.75) is 19.1 Å². The van der Waals surface area contributed by atoms with Gasteiger partial charge in [-0.05, 0) is 23.8 Å². The molecule has 3 nitrogen and oxygen atoms in total. The van der Waals surface area contributed by atoms with Gasteiger partial charge in [0.05, 0.1) is 11.3 Å². The number of nitrogens with two attached hydrogens (primary N) is 1. The lowest BCUT2D eigenvalue weighted by molar-refractivity contribution is -0.137. The van der Waals surface area contributed by atoms with Gasteiger partial charge in [-0.3, -0.25) is 0 Å². The van der Waals surface area contributed by atoms with Crippen LogP contribution in [-0.4, -0.2) is 9.38 Å². The minimum Gasteiger partial charge on any atom is -0.325 e. The third-order valence-electron chi connectivity index (χ3n) is 3.48. The van der Waals surface area contributed by atoms with Crippen LogP contribution < -0.4 is 5.73 Å². The molecule has 2 heterocycles. The molecule has 0 atom stereocenters. The summed E-state index contributed by atoms with van der Waals surface area (Å²) < 4.78 is 40.1. The van der Waals surface area contributed by atoms with Crippen molar-refractivity contribution in [1.82, 2.24) is 9.38 Å². The first-order chi connectivity index (χ1) is 10.5. The van der Waals surface area contributed by atoms with Crippen molar-refractivity contribution < 1.29 is 13.2 Å². The van der Waals surface area contributed by atoms with Crippen LogP contribution in [0.1, 0.15) is 22.5 Å². The fraction of sp³-hybridized carbons (Fsp3) is 0.188. The molecular weight excluding hydrogens is 291 g/mol. The highest BCUT2D eigenvalue weighted by Crippen LogP contribution is 2.30. The number of halogens is 3. The van der Waals surface area contributed by atoms with Crippen LogP contribution in [0.4, 0.5) is 13.2 Å². The Morgan fingerprint density at radius 1 is 1.09 bits per heavy atom. The van der Waals surface area contributed by atoms with Crippen molar-refractivity contribution in [3.8, 4) is 0 Å². The van der Waals surface area contributed by atoms with E-state index in [-0.39, 0.29) is 0 Å². The summed E-state index contributed by atoms with van der Waals surface area (Å²) in [6.07, 6.45) is -2.17. The highest BCUT2D eigenvalue weighted by Gasteiger charge is 2.30. The molecule has 2 N–H and O–H groups in total. The summed E-state index contributed by atoms with van der Waals surface area (Å²) >= 11 is 0. The molecule has 0 unspecified atom stereocenters. The van der Waals surface area contributed by atoms with E-state index >= 15 is 0 Å². The van der Waals surface area contributed by atoms with Gasteiger partial charge in [-0.15, -0.1) is 0 Å². The second kappa shape index (κ2) is 5.46. The van der Waals surface area contributed by atoms with Gasteiger partial charge in [-0.1, -0.05) is 24.3 Å². The molecule has 0 bridgehead atoms. The number of imidazole rings is 1. The van der Waals surface area contributed by atoms with E-state index in [0.29, 0.717) is 24.2 Å². The summed E-state index contributed by atoms with van der Waals surface area (Å²) in [6.45, 7) is 0.372. The zero-order valence-corrected chi connectivity index (χ0v) is 11.6. The summed E-state index contributed by atoms with van der Waals surface area (Å²) in [6, 6.07) is 10.9. The van der Waals surface area contributed by atoms with Crippen molar-refractivity contribution in [3.05, 3.63) is 71.2 Å². The van der Waals surface area contributed by atoms with Crippen LogP contribution in [-0.2, 0) is 19.1 Å². The Morgan fingerprint density at radius 2 is 1.86 bits per heavy atom. The smallest absolute Gasteiger partial charge is 0.325 e. The summed E-state index contributed by atoms with van der Waals surface area (Å²) in [5, 5.41) is 0. The Hall–Kier alpha value is -2.34. The molecule has 0 aliphatic rings. The van der Waals surface area contributed by atoms with Gasteiger partial charge in [0.25, 0.3) is 0 Å². The second-order valence-corrected chi connectivity index (χ2v) is 5.06. The quantitative estimate of drug-likeness (QED) is 0.806. The van der Waals surface area contributed by atoms with Crippen molar-refractivity contribution in [2.24, 2.45) is 5.73 Å². The fourth-order valence-electron chi connectivity index (χ4n) is 2.44. The number of nitrogens with zero attached hydrogens (tertiary/aromatic N) is 2. The van der Waals surface area contributed by atoms with Crippen LogP contribution in [0.2, 0.25) is 0 Å². The maximum Gasteiger partial charge on any atom is 0.416 e. The third-order valence-corrected chi connectivity index (χ3v) is 3.48. The molecule has 0 saturated carbocycles. The normalized spacial score (nSPS) is 12.0. The lowest BCUT2D eigenvalue weighted by Gasteiger charge is -2.07. The van der Waals surface area contributed by atoms with Crippen molar-refractivity contribution >= 4 is 5.65 Å². The monoisotopic (exact) mass is 305 g/mol. The number of alkyl halides is 3. The lowest BCUT2D eigenvalue weighted by Crippen LogP contribution is -2.05. The van der Waals surface area contributed by atoms with Gasteiger partial charge in [0.15, 0.2) is 0 Å². The molecular formula is C16H14F3N3. The van der Waals surface area contributed by atoms with E-state index in [1.807, 2.05) is 28.8 Å². The zero-order chi connectivity index (χ0) is 15.7. The molecule has 0 amide bonds. The molecule has 114 valence electrons. The summed E-state index contributed by atoms with van der Waals surface area (Å²) in [4.78, 5) is 4.43. The number of hydrogen-bond acceptors (Lipinski definition) is 2. The minimum absolute atomic E-state index is 0.343. The second-order valence-electron chi connectivity index (χ2n) is 5.06. The topological polar surface area (TPSA) is 43.3 Å². The molecule has 6 heteroatoms. The van der Waals surface area contributed by atoms with Crippen LogP contribution in [0.25, 0.3) is 5.65 Å². The zero-order valence-electron chi connectivity index (χ0n) is 11.6. The third kappa shape index (κ3) is 2.82. The Balaban J connectivity index is 1.93. The van der Waals surface area contributed by atoms with E-state index in [4.69, 9.17) is 5.73 Å². The molecule has 0 fully saturated rings. The van der Waals surface area contributed by atoms with Crippen LogP contribution >= 0.6 is 0 Å². The number of benzene rings is 1. The number of rotatable bonds is 3. The minimum atomic E-state index is -4.33. The number of fused-ring (bicyclic) bond motifs is 1. The SMILES string of the molecule is NCc1cccc2nc(Cc3cccc(C(F)(F)F)c3)cn12.